The number of nitrogen functional groups attached to an aromatic ring is 1. The lowest BCUT2D eigenvalue weighted by Crippen LogP contribution is -2.66. The minimum Gasteiger partial charge on any atom is -0.477 e. The second-order valence-electron chi connectivity index (χ2n) is 7.59. The van der Waals surface area contributed by atoms with Gasteiger partial charge >= 0.3 is 5.97 Å². The molecule has 4 N–H and O–H groups in total. The van der Waals surface area contributed by atoms with Gasteiger partial charge in [-0.15, -0.1) is 38.4 Å². The van der Waals surface area contributed by atoms with E-state index in [9.17, 15) is 19.5 Å². The van der Waals surface area contributed by atoms with Crippen molar-refractivity contribution in [2.45, 2.75) is 16.3 Å². The van der Waals surface area contributed by atoms with Crippen molar-refractivity contribution in [2.24, 2.45) is 11.1 Å². The second kappa shape index (κ2) is 11.0. The summed E-state index contributed by atoms with van der Waals surface area (Å²) in [7, 11) is 1.30. The molecule has 0 radical (unpaired) electrons. The predicted molar refractivity (Wildman–Crippen MR) is 137 cm³/mol. The Kier molecular flexibility index (Phi) is 7.53. The van der Waals surface area contributed by atoms with Crippen molar-refractivity contribution >= 4 is 74.9 Å². The number of β-lactam (4-membered cyclic amide) rings is 1. The number of aliphatic carboxylic acids is 1. The molecule has 1 fully saturated rings. The highest BCUT2D eigenvalue weighted by Crippen LogP contribution is 2.45. The molecule has 38 heavy (non-hydrogen) atoms. The molecule has 2 amide bonds. The average Bonchev–Trinajstić information content (AvgIpc) is 3.65. The van der Waals surface area contributed by atoms with Crippen LogP contribution in [-0.4, -0.2) is 93.0 Å². The lowest BCUT2D eigenvalue weighted by atomic mass is 9.94. The third-order valence-corrected chi connectivity index (χ3v) is 9.37. The van der Waals surface area contributed by atoms with Crippen molar-refractivity contribution < 1.29 is 24.3 Å². The zero-order valence-corrected chi connectivity index (χ0v) is 22.5. The van der Waals surface area contributed by atoms with E-state index >= 15 is 0 Å². The third kappa shape index (κ3) is 5.19. The predicted octanol–water partition coefficient (Wildman–Crippen LogP) is -0.302. The summed E-state index contributed by atoms with van der Waals surface area (Å²) in [6.45, 7) is 0.365. The van der Waals surface area contributed by atoms with Crippen LogP contribution in [0.15, 0.2) is 32.5 Å². The number of aromatic nitrogens is 7. The van der Waals surface area contributed by atoms with Crippen LogP contribution in [0.25, 0.3) is 0 Å². The minimum atomic E-state index is -1.24. The fourth-order valence-electron chi connectivity index (χ4n) is 3.62. The molecule has 3 aromatic heterocycles. The van der Waals surface area contributed by atoms with E-state index in [4.69, 9.17) is 10.6 Å². The maximum atomic E-state index is 13.0. The number of fused-ring (bicyclic) bond motifs is 1. The van der Waals surface area contributed by atoms with Gasteiger partial charge in [-0.1, -0.05) is 28.3 Å². The highest BCUT2D eigenvalue weighted by atomic mass is 32.2. The molecule has 5 heterocycles. The molecule has 2 aliphatic rings. The van der Waals surface area contributed by atoms with E-state index in [1.54, 1.807) is 5.38 Å². The Bertz CT molecular complexity index is 1440. The number of nitrogens with one attached hydrogen (secondary N) is 1. The number of nitrogens with zero attached hydrogens (tertiary/aromatic N) is 9. The zero-order chi connectivity index (χ0) is 26.8. The summed E-state index contributed by atoms with van der Waals surface area (Å²) in [5.41, 5.74) is 6.37. The van der Waals surface area contributed by atoms with Gasteiger partial charge in [0.15, 0.2) is 15.3 Å². The van der Waals surface area contributed by atoms with E-state index in [2.05, 4.69) is 41.2 Å². The number of carboxylic acids is 1. The number of oxime groups is 1. The molecule has 16 nitrogen and oxygen atoms in total. The van der Waals surface area contributed by atoms with Gasteiger partial charge in [-0.25, -0.2) is 14.5 Å². The fourth-order valence-corrected chi connectivity index (χ4v) is 7.60. The number of thiazole rings is 1. The van der Waals surface area contributed by atoms with Gasteiger partial charge in [0.1, 0.15) is 41.1 Å². The van der Waals surface area contributed by atoms with Crippen LogP contribution in [0.4, 0.5) is 5.13 Å². The Morgan fingerprint density at radius 1 is 1.39 bits per heavy atom. The number of thioether (sulfide) groups is 2. The highest BCUT2D eigenvalue weighted by molar-refractivity contribution is 8.01. The van der Waals surface area contributed by atoms with E-state index in [-0.39, 0.29) is 28.1 Å². The number of hydrogen-bond donors (Lipinski definition) is 3. The highest BCUT2D eigenvalue weighted by Gasteiger charge is 2.57. The molecule has 0 unspecified atom stereocenters. The zero-order valence-electron chi connectivity index (χ0n) is 19.2. The monoisotopic (exact) mass is 595 g/mol. The van der Waals surface area contributed by atoms with Crippen LogP contribution < -0.4 is 11.1 Å². The van der Waals surface area contributed by atoms with Crippen molar-refractivity contribution in [3.8, 4) is 0 Å². The minimum absolute atomic E-state index is 0.0000998. The molecule has 3 aromatic rings. The van der Waals surface area contributed by atoms with Gasteiger partial charge in [-0.05, 0) is 16.0 Å². The largest absolute Gasteiger partial charge is 0.477 e. The summed E-state index contributed by atoms with van der Waals surface area (Å²) < 4.78 is 2.15. The van der Waals surface area contributed by atoms with E-state index < -0.39 is 29.1 Å². The topological polar surface area (TPSA) is 217 Å². The molecule has 2 aliphatic heterocycles. The second-order valence-corrected chi connectivity index (χ2v) is 11.9. The van der Waals surface area contributed by atoms with Crippen LogP contribution >= 0.6 is 46.2 Å². The van der Waals surface area contributed by atoms with Gasteiger partial charge in [-0.3, -0.25) is 14.5 Å². The summed E-state index contributed by atoms with van der Waals surface area (Å²) in [5.74, 6) is -2.98. The Morgan fingerprint density at radius 2 is 2.24 bits per heavy atom. The summed E-state index contributed by atoms with van der Waals surface area (Å²) in [6.07, 6.45) is 1.46. The van der Waals surface area contributed by atoms with Gasteiger partial charge in [0.25, 0.3) is 0 Å². The van der Waals surface area contributed by atoms with Crippen LogP contribution in [-0.2, 0) is 25.8 Å². The molecule has 1 saturated heterocycles. The first kappa shape index (κ1) is 26.0. The number of amidine groups is 1. The van der Waals surface area contributed by atoms with Crippen LogP contribution in [0.2, 0.25) is 0 Å². The number of anilines is 1. The summed E-state index contributed by atoms with van der Waals surface area (Å²) in [6, 6.07) is 0. The third-order valence-electron chi connectivity index (χ3n) is 5.23. The van der Waals surface area contributed by atoms with Gasteiger partial charge in [0.2, 0.25) is 11.8 Å². The maximum absolute atomic E-state index is 13.0. The fraction of sp³-hybridized carbons (Fsp3) is 0.333. The van der Waals surface area contributed by atoms with Crippen LogP contribution in [0, 0.1) is 5.92 Å². The molecule has 0 spiro atoms. The van der Waals surface area contributed by atoms with Gasteiger partial charge in [0, 0.05) is 16.9 Å². The normalized spacial score (nSPS) is 19.2. The lowest BCUT2D eigenvalue weighted by Gasteiger charge is -2.48. The number of carbonyl (C=O) groups is 3. The number of tetrazole rings is 1. The van der Waals surface area contributed by atoms with Crippen LogP contribution in [0.3, 0.4) is 0 Å². The molecular weight excluding hydrogens is 579 g/mol. The van der Waals surface area contributed by atoms with E-state index in [1.165, 1.54) is 53.0 Å². The first-order valence-corrected chi connectivity index (χ1v) is 14.3. The number of hydrogen-bond acceptors (Lipinski definition) is 16. The first-order valence-electron chi connectivity index (χ1n) is 10.5. The van der Waals surface area contributed by atoms with Crippen molar-refractivity contribution in [3.63, 3.8) is 0 Å². The van der Waals surface area contributed by atoms with E-state index in [1.807, 2.05) is 0 Å². The SMILES string of the molecule is CO/N=C(/NC(=O)[C@@H]1C(=O)N2C(C(=O)O)=C(CSc3nnc(Cn4cnnn4)s3)CS[C@H]12)c1csc(N)n1. The molecule has 0 bridgehead atoms. The molecule has 0 saturated carbocycles. The van der Waals surface area contributed by atoms with Crippen molar-refractivity contribution in [1.82, 2.24) is 45.6 Å². The Balaban J connectivity index is 1.26. The van der Waals surface area contributed by atoms with Gasteiger partial charge < -0.3 is 21.0 Å². The Labute approximate surface area is 229 Å². The molecule has 20 heteroatoms. The smallest absolute Gasteiger partial charge is 0.352 e. The first-order chi connectivity index (χ1) is 18.4. The molecule has 198 valence electrons. The number of nitrogens with two attached hydrogens (primary N) is 1. The summed E-state index contributed by atoms with van der Waals surface area (Å²) in [4.78, 5) is 48.1. The van der Waals surface area contributed by atoms with E-state index in [0.29, 0.717) is 27.2 Å². The number of amides is 2. The Hall–Kier alpha value is -3.62. The molecular formula is C18H17N11O5S4. The standard InChI is InChI=1S/C18H17N11O5S4/c1-34-25-12(8-5-36-17(19)21-8)22-13(30)10-14(31)29-11(16(32)33)7(3-35-15(10)29)4-37-18-24-23-9(38-18)2-28-6-20-26-27-28/h5-6,10,15H,2-4H2,1H3,(H2,19,21)(H,32,33)(H,22,25,30)/t10-,15-/m1/s1. The summed E-state index contributed by atoms with van der Waals surface area (Å²) >= 11 is 5.12. The number of carbonyl (C=O) groups excluding carboxylic acids is 2. The number of rotatable bonds is 9. The van der Waals surface area contributed by atoms with Crippen molar-refractivity contribution in [3.05, 3.63) is 33.7 Å². The van der Waals surface area contributed by atoms with E-state index in [0.717, 1.165) is 16.2 Å². The lowest BCUT2D eigenvalue weighted by molar-refractivity contribution is -0.157. The van der Waals surface area contributed by atoms with Gasteiger partial charge in [0.05, 0.1) is 6.54 Å². The molecule has 0 aromatic carbocycles. The van der Waals surface area contributed by atoms with Crippen LogP contribution in [0.5, 0.6) is 0 Å². The average molecular weight is 596 g/mol. The van der Waals surface area contributed by atoms with Crippen molar-refractivity contribution in [1.29, 1.82) is 0 Å². The quantitative estimate of drug-likeness (QED) is 0.0723. The number of carboxylic acid groups (broad SMARTS) is 1. The molecule has 0 aliphatic carbocycles. The van der Waals surface area contributed by atoms with Crippen LogP contribution in [0.1, 0.15) is 10.7 Å². The maximum Gasteiger partial charge on any atom is 0.352 e. The van der Waals surface area contributed by atoms with Gasteiger partial charge in [-0.2, -0.15) is 0 Å². The molecule has 2 atom stereocenters. The summed E-state index contributed by atoms with van der Waals surface area (Å²) in [5, 5.41) is 37.2. The Morgan fingerprint density at radius 3 is 2.92 bits per heavy atom. The molecule has 5 rings (SSSR count). The van der Waals surface area contributed by atoms with Crippen molar-refractivity contribution in [2.75, 3.05) is 24.3 Å².